The smallest absolute Gasteiger partial charge is 0.307 e. The van der Waals surface area contributed by atoms with Gasteiger partial charge in [-0.3, -0.25) is 9.78 Å². The molecule has 0 fully saturated rings. The number of nitrogens with zero attached hydrogens (tertiary/aromatic N) is 1. The maximum Gasteiger partial charge on any atom is 0.307 e. The van der Waals surface area contributed by atoms with Gasteiger partial charge in [0.25, 0.3) is 0 Å². The van der Waals surface area contributed by atoms with Crippen LogP contribution in [0.15, 0.2) is 70.1 Å². The van der Waals surface area contributed by atoms with Gasteiger partial charge in [0.15, 0.2) is 0 Å². The zero-order valence-electron chi connectivity index (χ0n) is 14.2. The predicted octanol–water partition coefficient (Wildman–Crippen LogP) is 3.97. The van der Waals surface area contributed by atoms with Gasteiger partial charge in [-0.15, -0.1) is 0 Å². The van der Waals surface area contributed by atoms with Crippen molar-refractivity contribution in [3.05, 3.63) is 86.7 Å². The first-order valence-electron chi connectivity index (χ1n) is 8.30. The van der Waals surface area contributed by atoms with E-state index in [1.807, 2.05) is 54.6 Å². The van der Waals surface area contributed by atoms with Crippen LogP contribution >= 0.6 is 11.3 Å². The summed E-state index contributed by atoms with van der Waals surface area (Å²) in [6.07, 6.45) is 2.08. The van der Waals surface area contributed by atoms with Crippen molar-refractivity contribution in [2.45, 2.75) is 13.0 Å². The van der Waals surface area contributed by atoms with Crippen LogP contribution in [0.5, 0.6) is 11.6 Å². The highest BCUT2D eigenvalue weighted by molar-refractivity contribution is 7.09. The summed E-state index contributed by atoms with van der Waals surface area (Å²) in [6.45, 7) is 0.301. The first kappa shape index (κ1) is 17.1. The molecule has 0 spiro atoms. The SMILES string of the molecule is O=c1[nH]c(O)c(Cc2ccc(OCc3coc(-c4ccccc4)n3)cc2)s1. The number of H-pyrrole nitrogens is 1. The van der Waals surface area contributed by atoms with Crippen molar-refractivity contribution < 1.29 is 14.3 Å². The molecule has 0 saturated carbocycles. The third-order valence-corrected chi connectivity index (χ3v) is 4.82. The maximum atomic E-state index is 11.2. The van der Waals surface area contributed by atoms with Gasteiger partial charge < -0.3 is 14.3 Å². The molecule has 0 atom stereocenters. The highest BCUT2D eigenvalue weighted by Gasteiger charge is 2.09. The molecule has 0 aliphatic carbocycles. The highest BCUT2D eigenvalue weighted by Crippen LogP contribution is 2.23. The molecular formula is C20H16N2O4S. The fraction of sp³-hybridized carbons (Fsp3) is 0.100. The number of hydrogen-bond donors (Lipinski definition) is 2. The van der Waals surface area contributed by atoms with Gasteiger partial charge in [0.1, 0.15) is 24.3 Å². The largest absolute Gasteiger partial charge is 0.494 e. The molecule has 2 aromatic carbocycles. The molecule has 2 N–H and O–H groups in total. The van der Waals surface area contributed by atoms with Crippen molar-refractivity contribution in [1.82, 2.24) is 9.97 Å². The van der Waals surface area contributed by atoms with E-state index in [2.05, 4.69) is 9.97 Å². The van der Waals surface area contributed by atoms with E-state index in [4.69, 9.17) is 9.15 Å². The average molecular weight is 380 g/mol. The van der Waals surface area contributed by atoms with Crippen molar-refractivity contribution in [2.24, 2.45) is 0 Å². The third-order valence-electron chi connectivity index (χ3n) is 3.95. The van der Waals surface area contributed by atoms with E-state index >= 15 is 0 Å². The minimum atomic E-state index is -0.259. The van der Waals surface area contributed by atoms with Gasteiger partial charge in [0.2, 0.25) is 11.8 Å². The zero-order valence-corrected chi connectivity index (χ0v) is 15.0. The number of oxazole rings is 1. The van der Waals surface area contributed by atoms with Crippen LogP contribution in [-0.4, -0.2) is 15.1 Å². The number of benzene rings is 2. The van der Waals surface area contributed by atoms with E-state index in [0.29, 0.717) is 35.2 Å². The topological polar surface area (TPSA) is 88.4 Å². The predicted molar refractivity (Wildman–Crippen MR) is 102 cm³/mol. The molecule has 2 aromatic heterocycles. The Labute approximate surface area is 158 Å². The van der Waals surface area contributed by atoms with Crippen LogP contribution in [0.1, 0.15) is 16.1 Å². The third kappa shape index (κ3) is 4.09. The Morgan fingerprint density at radius 2 is 1.89 bits per heavy atom. The summed E-state index contributed by atoms with van der Waals surface area (Å²) < 4.78 is 11.2. The van der Waals surface area contributed by atoms with Crippen molar-refractivity contribution in [3.8, 4) is 23.1 Å². The molecule has 6 nitrogen and oxygen atoms in total. The van der Waals surface area contributed by atoms with Gasteiger partial charge in [0.05, 0.1) is 4.88 Å². The van der Waals surface area contributed by atoms with Gasteiger partial charge in [-0.05, 0) is 29.8 Å². The van der Waals surface area contributed by atoms with E-state index in [9.17, 15) is 9.90 Å². The summed E-state index contributed by atoms with van der Waals surface area (Å²) >= 11 is 1.01. The van der Waals surface area contributed by atoms with Crippen LogP contribution in [0, 0.1) is 0 Å². The van der Waals surface area contributed by atoms with Crippen molar-refractivity contribution in [2.75, 3.05) is 0 Å². The molecule has 7 heteroatoms. The Morgan fingerprint density at radius 1 is 1.11 bits per heavy atom. The quantitative estimate of drug-likeness (QED) is 0.528. The lowest BCUT2D eigenvalue weighted by molar-refractivity contribution is 0.301. The number of hydrogen-bond acceptors (Lipinski definition) is 6. The molecular weight excluding hydrogens is 364 g/mol. The van der Waals surface area contributed by atoms with Crippen molar-refractivity contribution >= 4 is 11.3 Å². The first-order valence-corrected chi connectivity index (χ1v) is 9.11. The van der Waals surface area contributed by atoms with E-state index in [-0.39, 0.29) is 10.8 Å². The molecule has 0 radical (unpaired) electrons. The minimum absolute atomic E-state index is 0.0643. The number of aromatic amines is 1. The zero-order chi connectivity index (χ0) is 18.6. The second-order valence-electron chi connectivity index (χ2n) is 5.91. The number of ether oxygens (including phenoxy) is 1. The monoisotopic (exact) mass is 380 g/mol. The fourth-order valence-electron chi connectivity index (χ4n) is 2.60. The summed E-state index contributed by atoms with van der Waals surface area (Å²) in [7, 11) is 0. The Bertz CT molecular complexity index is 1080. The Hall–Kier alpha value is -3.32. The lowest BCUT2D eigenvalue weighted by Gasteiger charge is -2.05. The van der Waals surface area contributed by atoms with Gasteiger partial charge in [-0.2, -0.15) is 0 Å². The molecule has 0 unspecified atom stereocenters. The molecule has 0 aliphatic heterocycles. The number of aromatic hydroxyl groups is 1. The van der Waals surface area contributed by atoms with E-state index in [0.717, 1.165) is 22.5 Å². The van der Waals surface area contributed by atoms with Crippen LogP contribution in [0.2, 0.25) is 0 Å². The molecule has 136 valence electrons. The highest BCUT2D eigenvalue weighted by atomic mass is 32.1. The Morgan fingerprint density at radius 3 is 2.59 bits per heavy atom. The number of nitrogens with one attached hydrogen (secondary N) is 1. The summed E-state index contributed by atoms with van der Waals surface area (Å²) in [6, 6.07) is 17.2. The molecule has 0 bridgehead atoms. The van der Waals surface area contributed by atoms with Crippen LogP contribution in [-0.2, 0) is 13.0 Å². The van der Waals surface area contributed by atoms with E-state index < -0.39 is 0 Å². The lowest BCUT2D eigenvalue weighted by atomic mass is 10.1. The van der Waals surface area contributed by atoms with Gasteiger partial charge in [-0.25, -0.2) is 4.98 Å². The lowest BCUT2D eigenvalue weighted by Crippen LogP contribution is -1.96. The molecule has 0 saturated heterocycles. The minimum Gasteiger partial charge on any atom is -0.494 e. The second-order valence-corrected chi connectivity index (χ2v) is 6.97. The molecule has 0 amide bonds. The van der Waals surface area contributed by atoms with Crippen LogP contribution in [0.4, 0.5) is 0 Å². The molecule has 4 aromatic rings. The molecule has 2 heterocycles. The van der Waals surface area contributed by atoms with Gasteiger partial charge in [0, 0.05) is 12.0 Å². The van der Waals surface area contributed by atoms with Crippen LogP contribution in [0.25, 0.3) is 11.5 Å². The Balaban J connectivity index is 1.37. The van der Waals surface area contributed by atoms with Crippen LogP contribution in [0.3, 0.4) is 0 Å². The first-order chi connectivity index (χ1) is 13.2. The summed E-state index contributed by atoms with van der Waals surface area (Å²) in [5.74, 6) is 1.20. The fourth-order valence-corrected chi connectivity index (χ4v) is 3.36. The van der Waals surface area contributed by atoms with Gasteiger partial charge in [-0.1, -0.05) is 41.7 Å². The number of thiazole rings is 1. The molecule has 0 aliphatic rings. The molecule has 27 heavy (non-hydrogen) atoms. The summed E-state index contributed by atoms with van der Waals surface area (Å²) in [4.78, 5) is 18.4. The van der Waals surface area contributed by atoms with E-state index in [1.165, 1.54) is 0 Å². The van der Waals surface area contributed by atoms with Crippen LogP contribution < -0.4 is 9.61 Å². The Kier molecular flexibility index (Phi) is 4.76. The standard InChI is InChI=1S/C20H16N2O4S/c23-18-17(27-20(24)22-18)10-13-6-8-16(9-7-13)25-11-15-12-26-19(21-15)14-4-2-1-3-5-14/h1-9,12,23H,10-11H2,(H,22,24). The maximum absolute atomic E-state index is 11.2. The summed E-state index contributed by atoms with van der Waals surface area (Å²) in [5.41, 5.74) is 2.60. The van der Waals surface area contributed by atoms with Crippen molar-refractivity contribution in [3.63, 3.8) is 0 Å². The normalized spacial score (nSPS) is 10.8. The number of aromatic nitrogens is 2. The van der Waals surface area contributed by atoms with E-state index in [1.54, 1.807) is 6.26 Å². The average Bonchev–Trinajstić information content (AvgIpc) is 3.28. The second kappa shape index (κ2) is 7.51. The van der Waals surface area contributed by atoms with Gasteiger partial charge >= 0.3 is 4.87 Å². The summed E-state index contributed by atoms with van der Waals surface area (Å²) in [5, 5.41) is 9.66. The molecule has 4 rings (SSSR count). The number of rotatable bonds is 6. The van der Waals surface area contributed by atoms with Crippen molar-refractivity contribution in [1.29, 1.82) is 0 Å².